The van der Waals surface area contributed by atoms with Gasteiger partial charge in [-0.05, 0) is 76.0 Å². The fourth-order valence-electron chi connectivity index (χ4n) is 6.04. The number of nitrogens with one attached hydrogen (secondary N) is 1. The zero-order valence-electron chi connectivity index (χ0n) is 23.6. The number of aromatic nitrogens is 2. The first-order valence-corrected chi connectivity index (χ1v) is 14.5. The van der Waals surface area contributed by atoms with E-state index in [0.717, 1.165) is 69.9 Å². The maximum Gasteiger partial charge on any atom is 0.245 e. The van der Waals surface area contributed by atoms with Crippen molar-refractivity contribution in [1.82, 2.24) is 24.7 Å². The Hall–Kier alpha value is -1.89. The number of imidazole rings is 1. The summed E-state index contributed by atoms with van der Waals surface area (Å²) in [6, 6.07) is -0.508. The first kappa shape index (κ1) is 27.2. The minimum atomic E-state index is -0.339. The van der Waals surface area contributed by atoms with Gasteiger partial charge in [0.05, 0.1) is 11.7 Å². The molecule has 0 spiro atoms. The molecule has 7 nitrogen and oxygen atoms in total. The van der Waals surface area contributed by atoms with Crippen LogP contribution in [-0.4, -0.2) is 69.4 Å². The van der Waals surface area contributed by atoms with Crippen molar-refractivity contribution < 1.29 is 9.59 Å². The molecule has 7 heteroatoms. The molecule has 3 heterocycles. The normalized spacial score (nSPS) is 22.7. The molecule has 202 valence electrons. The van der Waals surface area contributed by atoms with Gasteiger partial charge in [-0.25, -0.2) is 4.98 Å². The van der Waals surface area contributed by atoms with E-state index in [0.29, 0.717) is 24.3 Å². The lowest BCUT2D eigenvalue weighted by Crippen LogP contribution is -2.62. The van der Waals surface area contributed by atoms with Crippen LogP contribution in [0.3, 0.4) is 0 Å². The highest BCUT2D eigenvalue weighted by atomic mass is 16.2. The van der Waals surface area contributed by atoms with Gasteiger partial charge in [0.2, 0.25) is 11.8 Å². The average molecular weight is 500 g/mol. The molecular formula is C29H49N5O2. The zero-order valence-corrected chi connectivity index (χ0v) is 23.6. The van der Waals surface area contributed by atoms with Gasteiger partial charge in [-0.3, -0.25) is 9.59 Å². The number of aryl methyl sites for hydroxylation is 1. The van der Waals surface area contributed by atoms with Crippen molar-refractivity contribution in [1.29, 1.82) is 0 Å². The Kier molecular flexibility index (Phi) is 8.79. The molecule has 0 unspecified atom stereocenters. The Balaban J connectivity index is 1.38. The molecule has 2 saturated heterocycles. The summed E-state index contributed by atoms with van der Waals surface area (Å²) < 4.78 is 2.47. The summed E-state index contributed by atoms with van der Waals surface area (Å²) in [6.45, 7) is 17.0. The summed E-state index contributed by atoms with van der Waals surface area (Å²) in [5.41, 5.74) is 2.48. The Morgan fingerprint density at radius 2 is 1.69 bits per heavy atom. The number of amides is 2. The molecule has 3 aliphatic rings. The topological polar surface area (TPSA) is 70.5 Å². The first-order valence-electron chi connectivity index (χ1n) is 14.5. The molecule has 0 aromatic carbocycles. The summed E-state index contributed by atoms with van der Waals surface area (Å²) >= 11 is 0. The van der Waals surface area contributed by atoms with Crippen molar-refractivity contribution >= 4 is 11.8 Å². The predicted octanol–water partition coefficient (Wildman–Crippen LogP) is 3.95. The van der Waals surface area contributed by atoms with Gasteiger partial charge in [0.25, 0.3) is 0 Å². The number of rotatable bonds is 10. The number of likely N-dealkylation sites (tertiary alicyclic amines) is 1. The maximum absolute atomic E-state index is 13.8. The van der Waals surface area contributed by atoms with Gasteiger partial charge >= 0.3 is 0 Å². The van der Waals surface area contributed by atoms with Gasteiger partial charge in [-0.15, -0.1) is 0 Å². The Labute approximate surface area is 218 Å². The van der Waals surface area contributed by atoms with E-state index in [1.54, 1.807) is 0 Å². The third-order valence-corrected chi connectivity index (χ3v) is 8.46. The number of hydrogen-bond acceptors (Lipinski definition) is 4. The Morgan fingerprint density at radius 1 is 1.00 bits per heavy atom. The molecule has 36 heavy (non-hydrogen) atoms. The molecule has 3 fully saturated rings. The van der Waals surface area contributed by atoms with Crippen LogP contribution in [0.15, 0.2) is 0 Å². The highest BCUT2D eigenvalue weighted by molar-refractivity contribution is 5.90. The van der Waals surface area contributed by atoms with Crippen LogP contribution in [0.2, 0.25) is 0 Å². The molecule has 1 N–H and O–H groups in total. The molecule has 1 aromatic heterocycles. The highest BCUT2D eigenvalue weighted by Gasteiger charge is 2.39. The van der Waals surface area contributed by atoms with E-state index in [9.17, 15) is 9.59 Å². The number of nitrogens with zero attached hydrogens (tertiary/aromatic N) is 4. The monoisotopic (exact) mass is 499 g/mol. The van der Waals surface area contributed by atoms with Crippen molar-refractivity contribution in [2.45, 2.75) is 105 Å². The number of piperazine rings is 1. The molecule has 2 atom stereocenters. The van der Waals surface area contributed by atoms with Crippen molar-refractivity contribution in [2.24, 2.45) is 23.7 Å². The van der Waals surface area contributed by atoms with E-state index in [1.807, 2.05) is 9.80 Å². The van der Waals surface area contributed by atoms with Crippen molar-refractivity contribution in [3.05, 3.63) is 17.2 Å². The number of carbonyl (C=O) groups is 2. The standard InChI is InChI=1S/C29H49N5O2/c1-19(2)15-25-28(35)33(14-11-30-25)26(16-20(3)4)29(36)32-12-9-23(10-13-32)17-27-31-21(5)22(6)34(27)18-24-7-8-24/h19-20,23-26,30H,7-18H2,1-6H3/t25-,26-/m0/s1. The number of carbonyl (C=O) groups excluding carboxylic acids is 2. The van der Waals surface area contributed by atoms with Gasteiger partial charge < -0.3 is 19.7 Å². The zero-order chi connectivity index (χ0) is 26.0. The Morgan fingerprint density at radius 3 is 2.31 bits per heavy atom. The second-order valence-corrected chi connectivity index (χ2v) is 12.5. The smallest absolute Gasteiger partial charge is 0.245 e. The van der Waals surface area contributed by atoms with E-state index in [-0.39, 0.29) is 23.9 Å². The fraction of sp³-hybridized carbons (Fsp3) is 0.828. The average Bonchev–Trinajstić information content (AvgIpc) is 3.61. The van der Waals surface area contributed by atoms with Gasteiger partial charge in [0.15, 0.2) is 0 Å². The van der Waals surface area contributed by atoms with E-state index < -0.39 is 0 Å². The largest absolute Gasteiger partial charge is 0.341 e. The lowest BCUT2D eigenvalue weighted by molar-refractivity contribution is -0.150. The van der Waals surface area contributed by atoms with Gasteiger partial charge in [0, 0.05) is 44.8 Å². The number of piperidine rings is 1. The lowest BCUT2D eigenvalue weighted by atomic mass is 9.91. The fourth-order valence-corrected chi connectivity index (χ4v) is 6.04. The van der Waals surface area contributed by atoms with Crippen molar-refractivity contribution in [3.8, 4) is 0 Å². The van der Waals surface area contributed by atoms with Crippen LogP contribution < -0.4 is 5.32 Å². The van der Waals surface area contributed by atoms with Crippen LogP contribution in [0, 0.1) is 37.5 Å². The molecule has 1 saturated carbocycles. The molecule has 1 aromatic rings. The van der Waals surface area contributed by atoms with Gasteiger partial charge in [-0.2, -0.15) is 0 Å². The lowest BCUT2D eigenvalue weighted by Gasteiger charge is -2.42. The minimum absolute atomic E-state index is 0.108. The number of hydrogen-bond donors (Lipinski definition) is 1. The summed E-state index contributed by atoms with van der Waals surface area (Å²) in [7, 11) is 0. The van der Waals surface area contributed by atoms with Crippen LogP contribution in [0.1, 0.15) is 83.4 Å². The SMILES string of the molecule is Cc1nc(CC2CCN(C(=O)[C@H](CC(C)C)N3CCN[C@@H](CC(C)C)C3=O)CC2)n(CC2CC2)c1C. The van der Waals surface area contributed by atoms with Crippen molar-refractivity contribution in [3.63, 3.8) is 0 Å². The Bertz CT molecular complexity index is 911. The second-order valence-electron chi connectivity index (χ2n) is 12.5. The van der Waals surface area contributed by atoms with Crippen LogP contribution in [0.25, 0.3) is 0 Å². The van der Waals surface area contributed by atoms with E-state index in [1.165, 1.54) is 24.4 Å². The van der Waals surface area contributed by atoms with Crippen LogP contribution >= 0.6 is 0 Å². The predicted molar refractivity (Wildman–Crippen MR) is 144 cm³/mol. The molecular weight excluding hydrogens is 450 g/mol. The summed E-state index contributed by atoms with van der Waals surface area (Å²) in [5, 5.41) is 3.39. The quantitative estimate of drug-likeness (QED) is 0.529. The molecule has 0 radical (unpaired) electrons. The summed E-state index contributed by atoms with van der Waals surface area (Å²) in [5.74, 6) is 3.70. The van der Waals surface area contributed by atoms with Gasteiger partial charge in [-0.1, -0.05) is 27.7 Å². The first-order chi connectivity index (χ1) is 17.1. The molecule has 2 aliphatic heterocycles. The molecule has 2 amide bonds. The molecule has 0 bridgehead atoms. The van der Waals surface area contributed by atoms with Crippen LogP contribution in [-0.2, 0) is 22.6 Å². The minimum Gasteiger partial charge on any atom is -0.341 e. The molecule has 4 rings (SSSR count). The summed E-state index contributed by atoms with van der Waals surface area (Å²) in [6.07, 6.45) is 7.28. The highest BCUT2D eigenvalue weighted by Crippen LogP contribution is 2.33. The van der Waals surface area contributed by atoms with Crippen LogP contribution in [0.4, 0.5) is 0 Å². The van der Waals surface area contributed by atoms with Crippen molar-refractivity contribution in [2.75, 3.05) is 26.2 Å². The van der Waals surface area contributed by atoms with E-state index in [4.69, 9.17) is 4.98 Å². The molecule has 1 aliphatic carbocycles. The second kappa shape index (κ2) is 11.7. The summed E-state index contributed by atoms with van der Waals surface area (Å²) in [4.78, 5) is 36.0. The van der Waals surface area contributed by atoms with E-state index >= 15 is 0 Å². The third-order valence-electron chi connectivity index (χ3n) is 8.46. The van der Waals surface area contributed by atoms with E-state index in [2.05, 4.69) is 51.4 Å². The van der Waals surface area contributed by atoms with Gasteiger partial charge in [0.1, 0.15) is 11.9 Å². The maximum atomic E-state index is 13.8. The van der Waals surface area contributed by atoms with Crippen LogP contribution in [0.5, 0.6) is 0 Å². The third kappa shape index (κ3) is 6.51.